The first-order valence-corrected chi connectivity index (χ1v) is 7.91. The second-order valence-corrected chi connectivity index (χ2v) is 5.70. The van der Waals surface area contributed by atoms with Crippen LogP contribution in [-0.4, -0.2) is 26.1 Å². The minimum atomic E-state index is -0.462. The van der Waals surface area contributed by atoms with Crippen LogP contribution in [-0.2, 0) is 0 Å². The number of nitro groups is 1. The smallest absolute Gasteiger partial charge is 0.275 e. The number of aromatic nitrogens is 3. The molecule has 0 saturated carbocycles. The zero-order valence-corrected chi connectivity index (χ0v) is 13.2. The van der Waals surface area contributed by atoms with Crippen molar-refractivity contribution in [2.24, 2.45) is 0 Å². The van der Waals surface area contributed by atoms with E-state index in [2.05, 4.69) is 15.0 Å². The van der Waals surface area contributed by atoms with Gasteiger partial charge in [0.05, 0.1) is 4.92 Å². The van der Waals surface area contributed by atoms with E-state index >= 15 is 0 Å². The third-order valence-electron chi connectivity index (χ3n) is 3.46. The molecule has 1 N–H and O–H groups in total. The molecule has 0 aliphatic carbocycles. The van der Waals surface area contributed by atoms with Crippen LogP contribution in [0.15, 0.2) is 40.4 Å². The number of pyridine rings is 1. The molecular formula is C15H12N4O3S. The van der Waals surface area contributed by atoms with E-state index in [4.69, 9.17) is 0 Å². The number of benzene rings is 1. The van der Waals surface area contributed by atoms with Crippen molar-refractivity contribution in [1.82, 2.24) is 15.0 Å². The molecule has 0 amide bonds. The standard InChI is InChI=1S/C15H12N4O3S/c1-8-3-4-10(19(21)22)6-11(8)12-5-9-7-16-15(23-2)18-13(9)14(20)17-12/h3-7H,1-2H3,(H,17,20). The summed E-state index contributed by atoms with van der Waals surface area (Å²) >= 11 is 1.35. The number of rotatable bonds is 3. The predicted octanol–water partition coefficient (Wildman–Crippen LogP) is 2.92. The van der Waals surface area contributed by atoms with Crippen LogP contribution in [0.2, 0.25) is 0 Å². The lowest BCUT2D eigenvalue weighted by Crippen LogP contribution is -2.10. The van der Waals surface area contributed by atoms with E-state index in [-0.39, 0.29) is 11.2 Å². The zero-order chi connectivity index (χ0) is 16.6. The van der Waals surface area contributed by atoms with Gasteiger partial charge >= 0.3 is 0 Å². The topological polar surface area (TPSA) is 102 Å². The number of nitro benzene ring substituents is 1. The van der Waals surface area contributed by atoms with Gasteiger partial charge in [0.1, 0.15) is 5.52 Å². The molecule has 0 bridgehead atoms. The van der Waals surface area contributed by atoms with Crippen molar-refractivity contribution in [3.63, 3.8) is 0 Å². The van der Waals surface area contributed by atoms with Gasteiger partial charge in [0.15, 0.2) is 5.16 Å². The minimum Gasteiger partial charge on any atom is -0.320 e. The number of nitrogens with one attached hydrogen (secondary N) is 1. The molecule has 0 radical (unpaired) electrons. The number of nitrogens with zero attached hydrogens (tertiary/aromatic N) is 3. The molecule has 2 aromatic heterocycles. The zero-order valence-electron chi connectivity index (χ0n) is 12.4. The van der Waals surface area contributed by atoms with Gasteiger partial charge in [0.25, 0.3) is 11.2 Å². The van der Waals surface area contributed by atoms with Crippen molar-refractivity contribution in [3.05, 3.63) is 56.5 Å². The SMILES string of the molecule is CSc1ncc2cc(-c3cc([N+](=O)[O-])ccc3C)[nH]c(=O)c2n1. The molecule has 0 fully saturated rings. The Balaban J connectivity index is 2.23. The van der Waals surface area contributed by atoms with Crippen molar-refractivity contribution in [3.8, 4) is 11.3 Å². The van der Waals surface area contributed by atoms with Crippen molar-refractivity contribution >= 4 is 28.4 Å². The Kier molecular flexibility index (Phi) is 3.83. The van der Waals surface area contributed by atoms with Crippen LogP contribution in [0.1, 0.15) is 5.56 Å². The third kappa shape index (κ3) is 2.80. The molecule has 2 heterocycles. The molecule has 0 spiro atoms. The maximum atomic E-state index is 12.3. The van der Waals surface area contributed by atoms with Crippen LogP contribution >= 0.6 is 11.8 Å². The summed E-state index contributed by atoms with van der Waals surface area (Å²) in [7, 11) is 0. The number of non-ortho nitro benzene ring substituents is 1. The molecule has 0 atom stereocenters. The van der Waals surface area contributed by atoms with Crippen molar-refractivity contribution in [2.45, 2.75) is 12.1 Å². The fourth-order valence-electron chi connectivity index (χ4n) is 2.29. The van der Waals surface area contributed by atoms with Crippen molar-refractivity contribution in [1.29, 1.82) is 0 Å². The molecule has 7 nitrogen and oxygen atoms in total. The Morgan fingerprint density at radius 1 is 1.30 bits per heavy atom. The van der Waals surface area contributed by atoms with E-state index in [9.17, 15) is 14.9 Å². The first-order valence-electron chi connectivity index (χ1n) is 6.69. The third-order valence-corrected chi connectivity index (χ3v) is 4.02. The number of hydrogen-bond acceptors (Lipinski definition) is 6. The highest BCUT2D eigenvalue weighted by molar-refractivity contribution is 7.98. The van der Waals surface area contributed by atoms with Gasteiger partial charge in [0, 0.05) is 35.0 Å². The summed E-state index contributed by atoms with van der Waals surface area (Å²) in [6.45, 7) is 1.83. The molecule has 0 unspecified atom stereocenters. The average molecular weight is 328 g/mol. The largest absolute Gasteiger partial charge is 0.320 e. The lowest BCUT2D eigenvalue weighted by molar-refractivity contribution is -0.384. The lowest BCUT2D eigenvalue weighted by atomic mass is 10.0. The molecule has 0 aliphatic rings. The van der Waals surface area contributed by atoms with Crippen LogP contribution < -0.4 is 5.56 Å². The van der Waals surface area contributed by atoms with Gasteiger partial charge in [-0.2, -0.15) is 0 Å². The molecule has 3 rings (SSSR count). The summed E-state index contributed by atoms with van der Waals surface area (Å²) in [6.07, 6.45) is 3.41. The fraction of sp³-hybridized carbons (Fsp3) is 0.133. The fourth-order valence-corrected chi connectivity index (χ4v) is 2.63. The quantitative estimate of drug-likeness (QED) is 0.343. The van der Waals surface area contributed by atoms with Gasteiger partial charge in [-0.1, -0.05) is 17.8 Å². The number of aromatic amines is 1. The van der Waals surface area contributed by atoms with E-state index in [0.29, 0.717) is 27.3 Å². The highest BCUT2D eigenvalue weighted by Gasteiger charge is 2.13. The Bertz CT molecular complexity index is 984. The Morgan fingerprint density at radius 2 is 2.09 bits per heavy atom. The van der Waals surface area contributed by atoms with Crippen LogP contribution in [0.5, 0.6) is 0 Å². The summed E-state index contributed by atoms with van der Waals surface area (Å²) in [6, 6.07) is 6.27. The summed E-state index contributed by atoms with van der Waals surface area (Å²) in [5.41, 5.74) is 1.86. The summed E-state index contributed by atoms with van der Waals surface area (Å²) in [5.74, 6) is 0. The van der Waals surface area contributed by atoms with Crippen molar-refractivity contribution < 1.29 is 4.92 Å². The lowest BCUT2D eigenvalue weighted by Gasteiger charge is -2.07. The molecule has 8 heteroatoms. The Labute approximate surface area is 134 Å². The summed E-state index contributed by atoms with van der Waals surface area (Å²) in [4.78, 5) is 33.9. The normalized spacial score (nSPS) is 10.9. The molecule has 116 valence electrons. The molecular weight excluding hydrogens is 316 g/mol. The maximum absolute atomic E-state index is 12.3. The first-order chi connectivity index (χ1) is 11.0. The number of H-pyrrole nitrogens is 1. The molecule has 23 heavy (non-hydrogen) atoms. The van der Waals surface area contributed by atoms with Gasteiger partial charge in [0.2, 0.25) is 0 Å². The molecule has 3 aromatic rings. The monoisotopic (exact) mass is 328 g/mol. The number of aryl methyl sites for hydroxylation is 1. The summed E-state index contributed by atoms with van der Waals surface area (Å²) in [5, 5.41) is 12.1. The molecule has 1 aromatic carbocycles. The Hall–Kier alpha value is -2.74. The van der Waals surface area contributed by atoms with E-state index in [1.165, 1.54) is 23.9 Å². The second-order valence-electron chi connectivity index (χ2n) is 4.93. The number of hydrogen-bond donors (Lipinski definition) is 1. The van der Waals surface area contributed by atoms with Crippen LogP contribution in [0.3, 0.4) is 0 Å². The number of fused-ring (bicyclic) bond motifs is 1. The molecule has 0 aliphatic heterocycles. The summed E-state index contributed by atoms with van der Waals surface area (Å²) < 4.78 is 0. The van der Waals surface area contributed by atoms with Crippen molar-refractivity contribution in [2.75, 3.05) is 6.26 Å². The van der Waals surface area contributed by atoms with Gasteiger partial charge in [-0.15, -0.1) is 0 Å². The van der Waals surface area contributed by atoms with E-state index in [1.54, 1.807) is 18.3 Å². The first kappa shape index (κ1) is 15.2. The Morgan fingerprint density at radius 3 is 2.78 bits per heavy atom. The van der Waals surface area contributed by atoms with E-state index in [1.807, 2.05) is 13.2 Å². The second kappa shape index (κ2) is 5.81. The van der Waals surface area contributed by atoms with Crippen LogP contribution in [0.25, 0.3) is 22.2 Å². The number of thioether (sulfide) groups is 1. The van der Waals surface area contributed by atoms with E-state index < -0.39 is 4.92 Å². The highest BCUT2D eigenvalue weighted by Crippen LogP contribution is 2.27. The van der Waals surface area contributed by atoms with Gasteiger partial charge in [-0.25, -0.2) is 9.97 Å². The molecule has 0 saturated heterocycles. The predicted molar refractivity (Wildman–Crippen MR) is 88.8 cm³/mol. The van der Waals surface area contributed by atoms with E-state index in [0.717, 1.165) is 5.56 Å². The highest BCUT2D eigenvalue weighted by atomic mass is 32.2. The van der Waals surface area contributed by atoms with Crippen LogP contribution in [0, 0.1) is 17.0 Å². The van der Waals surface area contributed by atoms with Gasteiger partial charge < -0.3 is 4.98 Å². The van der Waals surface area contributed by atoms with Crippen LogP contribution in [0.4, 0.5) is 5.69 Å². The van der Waals surface area contributed by atoms with Gasteiger partial charge in [-0.3, -0.25) is 14.9 Å². The minimum absolute atomic E-state index is 0.0273. The van der Waals surface area contributed by atoms with Gasteiger partial charge in [-0.05, 0) is 24.8 Å². The average Bonchev–Trinajstić information content (AvgIpc) is 2.54. The maximum Gasteiger partial charge on any atom is 0.275 e.